The van der Waals surface area contributed by atoms with E-state index in [0.29, 0.717) is 24.0 Å². The molecule has 0 aliphatic heterocycles. The Morgan fingerprint density at radius 1 is 1.40 bits per heavy atom. The molecule has 1 aromatic carbocycles. The van der Waals surface area contributed by atoms with Gasteiger partial charge in [0.05, 0.1) is 24.1 Å². The summed E-state index contributed by atoms with van der Waals surface area (Å²) in [5, 5.41) is 5.82. The minimum absolute atomic E-state index is 0.132. The van der Waals surface area contributed by atoms with E-state index in [0.717, 1.165) is 12.2 Å². The molecular formula is C15H23N3O2. The number of carbonyl (C=O) groups is 1. The number of anilines is 2. The summed E-state index contributed by atoms with van der Waals surface area (Å²) in [4.78, 5) is 11.5. The molecule has 0 bridgehead atoms. The smallest absolute Gasteiger partial charge is 0.251 e. The summed E-state index contributed by atoms with van der Waals surface area (Å²) in [7, 11) is 1.60. The van der Waals surface area contributed by atoms with Crippen LogP contribution in [0.25, 0.3) is 0 Å². The maximum Gasteiger partial charge on any atom is 0.251 e. The molecule has 0 heterocycles. The zero-order chi connectivity index (χ0) is 14.4. The first-order valence-electron chi connectivity index (χ1n) is 7.18. The van der Waals surface area contributed by atoms with E-state index in [-0.39, 0.29) is 5.91 Å². The molecule has 0 aromatic heterocycles. The average molecular weight is 277 g/mol. The molecule has 1 saturated carbocycles. The summed E-state index contributed by atoms with van der Waals surface area (Å²) in [6.07, 6.45) is 5.37. The Labute approximate surface area is 119 Å². The van der Waals surface area contributed by atoms with Gasteiger partial charge in [-0.3, -0.25) is 4.79 Å². The highest BCUT2D eigenvalue weighted by Crippen LogP contribution is 2.21. The predicted octanol–water partition coefficient (Wildman–Crippen LogP) is 2.00. The predicted molar refractivity (Wildman–Crippen MR) is 80.9 cm³/mol. The van der Waals surface area contributed by atoms with Crippen molar-refractivity contribution in [1.82, 2.24) is 5.32 Å². The Kier molecular flexibility index (Phi) is 5.24. The zero-order valence-electron chi connectivity index (χ0n) is 11.9. The van der Waals surface area contributed by atoms with Gasteiger partial charge < -0.3 is 21.1 Å². The lowest BCUT2D eigenvalue weighted by molar-refractivity contribution is 0.0659. The van der Waals surface area contributed by atoms with Crippen LogP contribution in [0.1, 0.15) is 36.0 Å². The van der Waals surface area contributed by atoms with Gasteiger partial charge in [0.15, 0.2) is 0 Å². The van der Waals surface area contributed by atoms with Crippen molar-refractivity contribution < 1.29 is 9.53 Å². The van der Waals surface area contributed by atoms with E-state index >= 15 is 0 Å². The molecule has 1 aliphatic rings. The third kappa shape index (κ3) is 3.87. The van der Waals surface area contributed by atoms with E-state index in [1.54, 1.807) is 19.2 Å². The lowest BCUT2D eigenvalue weighted by atomic mass is 10.1. The molecular weight excluding hydrogens is 254 g/mol. The third-order valence-corrected chi connectivity index (χ3v) is 3.61. The molecule has 0 saturated heterocycles. The Morgan fingerprint density at radius 2 is 2.15 bits per heavy atom. The summed E-state index contributed by atoms with van der Waals surface area (Å²) in [5.41, 5.74) is 7.92. The number of amides is 1. The number of nitrogens with two attached hydrogens (primary N) is 1. The van der Waals surface area contributed by atoms with Crippen molar-refractivity contribution in [2.45, 2.75) is 31.8 Å². The lowest BCUT2D eigenvalue weighted by Crippen LogP contribution is -2.18. The summed E-state index contributed by atoms with van der Waals surface area (Å²) in [6, 6.07) is 5.27. The van der Waals surface area contributed by atoms with Crippen molar-refractivity contribution in [3.8, 4) is 0 Å². The summed E-state index contributed by atoms with van der Waals surface area (Å²) >= 11 is 0. The Balaban J connectivity index is 1.79. The number of rotatable bonds is 6. The highest BCUT2D eigenvalue weighted by atomic mass is 16.5. The molecule has 110 valence electrons. The van der Waals surface area contributed by atoms with Gasteiger partial charge in [0.1, 0.15) is 0 Å². The first-order valence-corrected chi connectivity index (χ1v) is 7.18. The highest BCUT2D eigenvalue weighted by Gasteiger charge is 2.14. The normalized spacial score (nSPS) is 15.2. The zero-order valence-corrected chi connectivity index (χ0v) is 11.9. The number of carbonyl (C=O) groups excluding carboxylic acids is 1. The standard InChI is InChI=1S/C15H23N3O2/c1-17-15(19)11-6-7-14(13(16)10-11)18-8-9-20-12-4-2-3-5-12/h6-7,10,12,18H,2-5,8-9,16H2,1H3,(H,17,19). The summed E-state index contributed by atoms with van der Waals surface area (Å²) in [6.45, 7) is 1.40. The van der Waals surface area contributed by atoms with Gasteiger partial charge in [0, 0.05) is 19.2 Å². The van der Waals surface area contributed by atoms with Gasteiger partial charge in [0.2, 0.25) is 0 Å². The number of nitrogens with one attached hydrogen (secondary N) is 2. The van der Waals surface area contributed by atoms with Crippen molar-refractivity contribution in [3.63, 3.8) is 0 Å². The maximum absolute atomic E-state index is 11.5. The molecule has 0 unspecified atom stereocenters. The van der Waals surface area contributed by atoms with Crippen LogP contribution >= 0.6 is 0 Å². The van der Waals surface area contributed by atoms with Crippen LogP contribution < -0.4 is 16.4 Å². The average Bonchev–Trinajstić information content (AvgIpc) is 2.97. The third-order valence-electron chi connectivity index (χ3n) is 3.61. The van der Waals surface area contributed by atoms with E-state index < -0.39 is 0 Å². The minimum atomic E-state index is -0.132. The molecule has 4 N–H and O–H groups in total. The van der Waals surface area contributed by atoms with Crippen molar-refractivity contribution in [2.24, 2.45) is 0 Å². The van der Waals surface area contributed by atoms with E-state index in [1.807, 2.05) is 6.07 Å². The topological polar surface area (TPSA) is 76.4 Å². The molecule has 5 nitrogen and oxygen atoms in total. The lowest BCUT2D eigenvalue weighted by Gasteiger charge is -2.13. The van der Waals surface area contributed by atoms with Crippen molar-refractivity contribution in [3.05, 3.63) is 23.8 Å². The fourth-order valence-corrected chi connectivity index (χ4v) is 2.48. The van der Waals surface area contributed by atoms with Crippen LogP contribution in [-0.2, 0) is 4.74 Å². The van der Waals surface area contributed by atoms with Gasteiger partial charge in [-0.25, -0.2) is 0 Å². The molecule has 20 heavy (non-hydrogen) atoms. The Bertz CT molecular complexity index is 456. The molecule has 0 radical (unpaired) electrons. The second kappa shape index (κ2) is 7.14. The highest BCUT2D eigenvalue weighted by molar-refractivity contribution is 5.95. The van der Waals surface area contributed by atoms with Gasteiger partial charge in [-0.2, -0.15) is 0 Å². The molecule has 5 heteroatoms. The van der Waals surface area contributed by atoms with Crippen LogP contribution in [0.15, 0.2) is 18.2 Å². The summed E-state index contributed by atoms with van der Waals surface area (Å²) in [5.74, 6) is -0.132. The fourth-order valence-electron chi connectivity index (χ4n) is 2.48. The first-order chi connectivity index (χ1) is 9.70. The van der Waals surface area contributed by atoms with Crippen molar-refractivity contribution in [2.75, 3.05) is 31.2 Å². The van der Waals surface area contributed by atoms with Crippen molar-refractivity contribution >= 4 is 17.3 Å². The molecule has 1 aliphatic carbocycles. The van der Waals surface area contributed by atoms with E-state index in [2.05, 4.69) is 10.6 Å². The van der Waals surface area contributed by atoms with Crippen LogP contribution in [0.3, 0.4) is 0 Å². The fraction of sp³-hybridized carbons (Fsp3) is 0.533. The van der Waals surface area contributed by atoms with Gasteiger partial charge in [-0.05, 0) is 31.0 Å². The van der Waals surface area contributed by atoms with Crippen LogP contribution in [0.2, 0.25) is 0 Å². The molecule has 1 fully saturated rings. The number of benzene rings is 1. The van der Waals surface area contributed by atoms with E-state index in [9.17, 15) is 4.79 Å². The van der Waals surface area contributed by atoms with E-state index in [4.69, 9.17) is 10.5 Å². The van der Waals surface area contributed by atoms with Crippen molar-refractivity contribution in [1.29, 1.82) is 0 Å². The second-order valence-electron chi connectivity index (χ2n) is 5.09. The molecule has 1 aromatic rings. The van der Waals surface area contributed by atoms with Gasteiger partial charge >= 0.3 is 0 Å². The monoisotopic (exact) mass is 277 g/mol. The first kappa shape index (κ1) is 14.7. The number of hydrogen-bond donors (Lipinski definition) is 3. The van der Waals surface area contributed by atoms with Crippen LogP contribution in [0.4, 0.5) is 11.4 Å². The number of hydrogen-bond acceptors (Lipinski definition) is 4. The van der Waals surface area contributed by atoms with Gasteiger partial charge in [-0.1, -0.05) is 12.8 Å². The van der Waals surface area contributed by atoms with Crippen LogP contribution in [-0.4, -0.2) is 32.2 Å². The largest absolute Gasteiger partial charge is 0.397 e. The number of ether oxygens (including phenoxy) is 1. The second-order valence-corrected chi connectivity index (χ2v) is 5.09. The van der Waals surface area contributed by atoms with Crippen LogP contribution in [0.5, 0.6) is 0 Å². The Hall–Kier alpha value is -1.75. The quantitative estimate of drug-likeness (QED) is 0.549. The van der Waals surface area contributed by atoms with E-state index in [1.165, 1.54) is 25.7 Å². The summed E-state index contributed by atoms with van der Waals surface area (Å²) < 4.78 is 5.78. The molecule has 2 rings (SSSR count). The minimum Gasteiger partial charge on any atom is -0.397 e. The van der Waals surface area contributed by atoms with Gasteiger partial charge in [-0.15, -0.1) is 0 Å². The maximum atomic E-state index is 11.5. The Morgan fingerprint density at radius 3 is 2.80 bits per heavy atom. The van der Waals surface area contributed by atoms with Gasteiger partial charge in [0.25, 0.3) is 5.91 Å². The van der Waals surface area contributed by atoms with Crippen LogP contribution in [0, 0.1) is 0 Å². The SMILES string of the molecule is CNC(=O)c1ccc(NCCOC2CCCC2)c(N)c1. The molecule has 0 spiro atoms. The molecule has 1 amide bonds. The number of nitrogen functional groups attached to an aromatic ring is 1. The molecule has 0 atom stereocenters.